The van der Waals surface area contributed by atoms with Gasteiger partial charge in [0.25, 0.3) is 0 Å². The summed E-state index contributed by atoms with van der Waals surface area (Å²) in [4.78, 5) is 0. The SMILES string of the molecule is CCNCc1cc(F)cc(OC(F)F)c1. The summed E-state index contributed by atoms with van der Waals surface area (Å²) in [6.07, 6.45) is 0. The van der Waals surface area contributed by atoms with Crippen LogP contribution in [0.15, 0.2) is 18.2 Å². The topological polar surface area (TPSA) is 21.3 Å². The molecule has 0 radical (unpaired) electrons. The molecule has 1 aromatic carbocycles. The molecule has 1 aromatic rings. The van der Waals surface area contributed by atoms with E-state index in [2.05, 4.69) is 10.1 Å². The Balaban J connectivity index is 2.75. The third-order valence-electron chi connectivity index (χ3n) is 1.74. The maximum absolute atomic E-state index is 13.0. The fraction of sp³-hybridized carbons (Fsp3) is 0.400. The summed E-state index contributed by atoms with van der Waals surface area (Å²) in [5, 5.41) is 2.96. The van der Waals surface area contributed by atoms with Gasteiger partial charge in [0.1, 0.15) is 11.6 Å². The first-order valence-corrected chi connectivity index (χ1v) is 4.57. The summed E-state index contributed by atoms with van der Waals surface area (Å²) in [6, 6.07) is 3.60. The number of halogens is 3. The van der Waals surface area contributed by atoms with Crippen molar-refractivity contribution < 1.29 is 17.9 Å². The molecular formula is C10H12F3NO. The Morgan fingerprint density at radius 3 is 2.67 bits per heavy atom. The number of benzene rings is 1. The van der Waals surface area contributed by atoms with E-state index in [1.807, 2.05) is 6.92 Å². The largest absolute Gasteiger partial charge is 0.435 e. The van der Waals surface area contributed by atoms with Gasteiger partial charge in [-0.2, -0.15) is 8.78 Å². The highest BCUT2D eigenvalue weighted by atomic mass is 19.3. The Morgan fingerprint density at radius 2 is 2.07 bits per heavy atom. The van der Waals surface area contributed by atoms with Gasteiger partial charge in [-0.15, -0.1) is 0 Å². The zero-order chi connectivity index (χ0) is 11.3. The first kappa shape index (κ1) is 11.8. The van der Waals surface area contributed by atoms with Gasteiger partial charge in [-0.05, 0) is 24.2 Å². The van der Waals surface area contributed by atoms with Crippen LogP contribution in [-0.2, 0) is 6.54 Å². The van der Waals surface area contributed by atoms with Gasteiger partial charge in [-0.3, -0.25) is 0 Å². The quantitative estimate of drug-likeness (QED) is 0.821. The van der Waals surface area contributed by atoms with Crippen molar-refractivity contribution in [3.05, 3.63) is 29.6 Å². The van der Waals surface area contributed by atoms with E-state index in [9.17, 15) is 13.2 Å². The van der Waals surface area contributed by atoms with E-state index >= 15 is 0 Å². The highest BCUT2D eigenvalue weighted by Gasteiger charge is 2.07. The van der Waals surface area contributed by atoms with Crippen LogP contribution < -0.4 is 10.1 Å². The van der Waals surface area contributed by atoms with E-state index in [0.717, 1.165) is 12.6 Å². The van der Waals surface area contributed by atoms with Crippen molar-refractivity contribution in [2.45, 2.75) is 20.1 Å². The molecule has 0 atom stereocenters. The van der Waals surface area contributed by atoms with Gasteiger partial charge in [0.15, 0.2) is 0 Å². The first-order chi connectivity index (χ1) is 7.11. The van der Waals surface area contributed by atoms with Crippen LogP contribution in [0.3, 0.4) is 0 Å². The zero-order valence-electron chi connectivity index (χ0n) is 8.27. The number of ether oxygens (including phenoxy) is 1. The van der Waals surface area contributed by atoms with Gasteiger partial charge >= 0.3 is 6.61 Å². The van der Waals surface area contributed by atoms with Crippen molar-refractivity contribution >= 4 is 0 Å². The standard InChI is InChI=1S/C10H12F3NO/c1-2-14-6-7-3-8(11)5-9(4-7)15-10(12)13/h3-5,10,14H,2,6H2,1H3. The lowest BCUT2D eigenvalue weighted by molar-refractivity contribution is -0.0500. The van der Waals surface area contributed by atoms with Gasteiger partial charge in [-0.25, -0.2) is 4.39 Å². The van der Waals surface area contributed by atoms with Crippen molar-refractivity contribution in [1.29, 1.82) is 0 Å². The summed E-state index contributed by atoms with van der Waals surface area (Å²) in [5.41, 5.74) is 0.576. The zero-order valence-corrected chi connectivity index (χ0v) is 8.27. The minimum Gasteiger partial charge on any atom is -0.435 e. The summed E-state index contributed by atoms with van der Waals surface area (Å²) in [7, 11) is 0. The van der Waals surface area contributed by atoms with Crippen LogP contribution in [0, 0.1) is 5.82 Å². The van der Waals surface area contributed by atoms with E-state index in [1.54, 1.807) is 0 Å². The third kappa shape index (κ3) is 4.20. The van der Waals surface area contributed by atoms with Crippen molar-refractivity contribution in [2.24, 2.45) is 0 Å². The van der Waals surface area contributed by atoms with Crippen molar-refractivity contribution in [3.63, 3.8) is 0 Å². The van der Waals surface area contributed by atoms with Crippen molar-refractivity contribution in [2.75, 3.05) is 6.54 Å². The van der Waals surface area contributed by atoms with Crippen LogP contribution in [0.5, 0.6) is 5.75 Å². The van der Waals surface area contributed by atoms with Crippen molar-refractivity contribution in [3.8, 4) is 5.75 Å². The lowest BCUT2D eigenvalue weighted by Crippen LogP contribution is -2.12. The Bertz CT molecular complexity index is 318. The molecule has 0 aliphatic heterocycles. The molecule has 0 aromatic heterocycles. The Labute approximate surface area is 86.1 Å². The molecule has 15 heavy (non-hydrogen) atoms. The maximum atomic E-state index is 13.0. The van der Waals surface area contributed by atoms with E-state index in [1.165, 1.54) is 12.1 Å². The predicted octanol–water partition coefficient (Wildman–Crippen LogP) is 2.54. The molecule has 0 bridgehead atoms. The molecular weight excluding hydrogens is 207 g/mol. The average molecular weight is 219 g/mol. The van der Waals surface area contributed by atoms with Crippen molar-refractivity contribution in [1.82, 2.24) is 5.32 Å². The van der Waals surface area contributed by atoms with Gasteiger partial charge in [-0.1, -0.05) is 6.92 Å². The van der Waals surface area contributed by atoms with Gasteiger partial charge in [0.05, 0.1) is 0 Å². The van der Waals surface area contributed by atoms with E-state index in [4.69, 9.17) is 0 Å². The molecule has 0 aliphatic rings. The predicted molar refractivity (Wildman–Crippen MR) is 50.4 cm³/mol. The number of hydrogen-bond donors (Lipinski definition) is 1. The molecule has 1 N–H and O–H groups in total. The highest BCUT2D eigenvalue weighted by molar-refractivity contribution is 5.29. The van der Waals surface area contributed by atoms with Crippen LogP contribution in [0.4, 0.5) is 13.2 Å². The Morgan fingerprint density at radius 1 is 1.33 bits per heavy atom. The molecule has 0 unspecified atom stereocenters. The summed E-state index contributed by atoms with van der Waals surface area (Å²) in [5.74, 6) is -0.737. The number of nitrogens with one attached hydrogen (secondary N) is 1. The second-order valence-corrected chi connectivity index (χ2v) is 2.95. The molecule has 0 heterocycles. The minimum absolute atomic E-state index is 0.155. The lowest BCUT2D eigenvalue weighted by Gasteiger charge is -2.07. The fourth-order valence-corrected chi connectivity index (χ4v) is 1.16. The molecule has 2 nitrogen and oxygen atoms in total. The Hall–Kier alpha value is -1.23. The van der Waals surface area contributed by atoms with Crippen LogP contribution in [0.25, 0.3) is 0 Å². The van der Waals surface area contributed by atoms with E-state index in [0.29, 0.717) is 12.1 Å². The minimum atomic E-state index is -2.93. The van der Waals surface area contributed by atoms with Crippen LogP contribution in [-0.4, -0.2) is 13.2 Å². The van der Waals surface area contributed by atoms with Crippen LogP contribution in [0.1, 0.15) is 12.5 Å². The molecule has 0 aliphatic carbocycles. The van der Waals surface area contributed by atoms with E-state index in [-0.39, 0.29) is 5.75 Å². The molecule has 0 amide bonds. The lowest BCUT2D eigenvalue weighted by atomic mass is 10.2. The highest BCUT2D eigenvalue weighted by Crippen LogP contribution is 2.18. The number of rotatable bonds is 5. The average Bonchev–Trinajstić information content (AvgIpc) is 2.12. The molecule has 0 fully saturated rings. The molecule has 0 spiro atoms. The molecule has 0 saturated carbocycles. The van der Waals surface area contributed by atoms with Gasteiger partial charge in [0.2, 0.25) is 0 Å². The summed E-state index contributed by atoms with van der Waals surface area (Å²) < 4.78 is 40.8. The first-order valence-electron chi connectivity index (χ1n) is 4.57. The number of hydrogen-bond acceptors (Lipinski definition) is 2. The normalized spacial score (nSPS) is 10.7. The molecule has 5 heteroatoms. The second kappa shape index (κ2) is 5.60. The van der Waals surface area contributed by atoms with E-state index < -0.39 is 12.4 Å². The van der Waals surface area contributed by atoms with Gasteiger partial charge < -0.3 is 10.1 Å². The monoisotopic (exact) mass is 219 g/mol. The fourth-order valence-electron chi connectivity index (χ4n) is 1.16. The number of alkyl halides is 2. The molecule has 1 rings (SSSR count). The smallest absolute Gasteiger partial charge is 0.387 e. The summed E-state index contributed by atoms with van der Waals surface area (Å²) >= 11 is 0. The van der Waals surface area contributed by atoms with Crippen LogP contribution in [0.2, 0.25) is 0 Å². The van der Waals surface area contributed by atoms with Gasteiger partial charge in [0, 0.05) is 12.6 Å². The molecule has 0 saturated heterocycles. The van der Waals surface area contributed by atoms with Crippen LogP contribution >= 0.6 is 0 Å². The summed E-state index contributed by atoms with van der Waals surface area (Å²) in [6.45, 7) is 0.115. The molecule has 84 valence electrons. The third-order valence-corrected chi connectivity index (χ3v) is 1.74. The maximum Gasteiger partial charge on any atom is 0.387 e. The Kier molecular flexibility index (Phi) is 4.42. The second-order valence-electron chi connectivity index (χ2n) is 2.95.